The first-order chi connectivity index (χ1) is 13.6. The molecule has 1 aromatic heterocycles. The van der Waals surface area contributed by atoms with E-state index in [1.807, 2.05) is 61.5 Å². The quantitative estimate of drug-likeness (QED) is 0.502. The maximum Gasteiger partial charge on any atom is 0.273 e. The van der Waals surface area contributed by atoms with E-state index in [1.54, 1.807) is 31.2 Å². The predicted molar refractivity (Wildman–Crippen MR) is 111 cm³/mol. The highest BCUT2D eigenvalue weighted by Crippen LogP contribution is 2.31. The molecule has 0 aliphatic rings. The van der Waals surface area contributed by atoms with Crippen LogP contribution in [0.15, 0.2) is 67.0 Å². The Morgan fingerprint density at radius 2 is 1.89 bits per heavy atom. The third kappa shape index (κ3) is 4.48. The zero-order valence-electron chi connectivity index (χ0n) is 16.3. The van der Waals surface area contributed by atoms with Gasteiger partial charge in [0.2, 0.25) is 0 Å². The molecule has 0 fully saturated rings. The lowest BCUT2D eigenvalue weighted by Crippen LogP contribution is -2.26. The van der Waals surface area contributed by atoms with Crippen LogP contribution in [0, 0.1) is 17.9 Å². The molecule has 0 spiro atoms. The minimum absolute atomic E-state index is 0.00177. The molecule has 142 valence electrons. The summed E-state index contributed by atoms with van der Waals surface area (Å²) >= 11 is 0. The average molecular weight is 373 g/mol. The van der Waals surface area contributed by atoms with Crippen LogP contribution in [-0.2, 0) is 11.8 Å². The summed E-state index contributed by atoms with van der Waals surface area (Å²) in [7, 11) is 3.42. The van der Waals surface area contributed by atoms with Gasteiger partial charge in [0.15, 0.2) is 0 Å². The Bertz CT molecular complexity index is 999. The van der Waals surface area contributed by atoms with E-state index in [1.165, 1.54) is 4.90 Å². The van der Waals surface area contributed by atoms with Crippen molar-refractivity contribution in [1.29, 1.82) is 0 Å². The molecule has 3 aromatic rings. The van der Waals surface area contributed by atoms with Crippen LogP contribution in [0.3, 0.4) is 0 Å². The standard InChI is InChI=1S/C23H23N3O2/c1-18(17-28-3)13-14-26(23(27)20-15-24-25(2)16-20)22-12-8-7-11-21(22)19-9-5-4-6-10-19/h4-12,15-16,18H,17H2,1-3H3. The number of aryl methyl sites for hydroxylation is 1. The molecular formula is C23H23N3O2. The molecule has 0 N–H and O–H groups in total. The second-order valence-electron chi connectivity index (χ2n) is 6.54. The fourth-order valence-electron chi connectivity index (χ4n) is 2.88. The fraction of sp³-hybridized carbons (Fsp3) is 0.217. The number of para-hydroxylation sites is 1. The van der Waals surface area contributed by atoms with E-state index in [-0.39, 0.29) is 11.8 Å². The van der Waals surface area contributed by atoms with Crippen molar-refractivity contribution in [2.75, 3.05) is 18.6 Å². The summed E-state index contributed by atoms with van der Waals surface area (Å²) in [5, 5.41) is 4.12. The topological polar surface area (TPSA) is 47.4 Å². The van der Waals surface area contributed by atoms with Crippen LogP contribution in [0.25, 0.3) is 11.1 Å². The molecular weight excluding hydrogens is 350 g/mol. The molecule has 5 heteroatoms. The van der Waals surface area contributed by atoms with Crippen LogP contribution in [-0.4, -0.2) is 29.4 Å². The van der Waals surface area contributed by atoms with Gasteiger partial charge in [0.25, 0.3) is 5.91 Å². The van der Waals surface area contributed by atoms with E-state index < -0.39 is 0 Å². The molecule has 2 aromatic carbocycles. The zero-order chi connectivity index (χ0) is 19.9. The number of hydrogen-bond donors (Lipinski definition) is 0. The van der Waals surface area contributed by atoms with Crippen LogP contribution in [0.1, 0.15) is 17.3 Å². The highest BCUT2D eigenvalue weighted by Gasteiger charge is 2.21. The van der Waals surface area contributed by atoms with Gasteiger partial charge in [0.05, 0.1) is 24.1 Å². The van der Waals surface area contributed by atoms with Gasteiger partial charge in [-0.25, -0.2) is 4.90 Å². The normalized spacial score (nSPS) is 11.4. The molecule has 1 amide bonds. The van der Waals surface area contributed by atoms with Crippen LogP contribution in [0.4, 0.5) is 5.69 Å². The summed E-state index contributed by atoms with van der Waals surface area (Å²) in [5.74, 6) is 2.91. The molecule has 0 aliphatic carbocycles. The van der Waals surface area contributed by atoms with E-state index >= 15 is 0 Å². The molecule has 5 nitrogen and oxygen atoms in total. The number of methoxy groups -OCH3 is 1. The van der Waals surface area contributed by atoms with Gasteiger partial charge in [-0.2, -0.15) is 5.10 Å². The Hall–Kier alpha value is -3.36. The Labute approximate surface area is 165 Å². The van der Waals surface area contributed by atoms with Crippen molar-refractivity contribution in [1.82, 2.24) is 9.78 Å². The number of benzene rings is 2. The largest absolute Gasteiger partial charge is 0.383 e. The molecule has 3 rings (SSSR count). The van der Waals surface area contributed by atoms with E-state index in [9.17, 15) is 4.79 Å². The van der Waals surface area contributed by atoms with Gasteiger partial charge in [-0.1, -0.05) is 54.5 Å². The van der Waals surface area contributed by atoms with Gasteiger partial charge >= 0.3 is 0 Å². The molecule has 0 radical (unpaired) electrons. The molecule has 0 saturated carbocycles. The predicted octanol–water partition coefficient (Wildman–Crippen LogP) is 3.98. The number of amides is 1. The van der Waals surface area contributed by atoms with Gasteiger partial charge in [-0.3, -0.25) is 9.48 Å². The Balaban J connectivity index is 2.08. The van der Waals surface area contributed by atoms with Crippen molar-refractivity contribution in [3.05, 3.63) is 72.6 Å². The van der Waals surface area contributed by atoms with Crippen molar-refractivity contribution < 1.29 is 9.53 Å². The van der Waals surface area contributed by atoms with Crippen molar-refractivity contribution >= 4 is 11.6 Å². The lowest BCUT2D eigenvalue weighted by atomic mass is 10.0. The minimum atomic E-state index is -0.214. The number of ether oxygens (including phenoxy) is 1. The summed E-state index contributed by atoms with van der Waals surface area (Å²) in [6, 6.07) is 20.8. The summed E-state index contributed by atoms with van der Waals surface area (Å²) < 4.78 is 6.77. The highest BCUT2D eigenvalue weighted by atomic mass is 16.5. The van der Waals surface area contributed by atoms with Crippen molar-refractivity contribution in [3.63, 3.8) is 0 Å². The third-order valence-electron chi connectivity index (χ3n) is 4.22. The van der Waals surface area contributed by atoms with Gasteiger partial charge in [0, 0.05) is 37.9 Å². The number of hydrogen-bond acceptors (Lipinski definition) is 3. The number of rotatable bonds is 5. The molecule has 1 unspecified atom stereocenters. The van der Waals surface area contributed by atoms with E-state index in [4.69, 9.17) is 4.74 Å². The Morgan fingerprint density at radius 1 is 1.18 bits per heavy atom. The number of carbonyl (C=O) groups excluding carboxylic acids is 1. The summed E-state index contributed by atoms with van der Waals surface area (Å²) in [6.45, 7) is 2.47. The first-order valence-electron chi connectivity index (χ1n) is 9.08. The fourth-order valence-corrected chi connectivity index (χ4v) is 2.88. The number of aromatic nitrogens is 2. The molecule has 0 aliphatic heterocycles. The lowest BCUT2D eigenvalue weighted by Gasteiger charge is -2.19. The Morgan fingerprint density at radius 3 is 2.57 bits per heavy atom. The molecule has 1 atom stereocenters. The van der Waals surface area contributed by atoms with Crippen LogP contribution in [0.5, 0.6) is 0 Å². The van der Waals surface area contributed by atoms with Crippen molar-refractivity contribution in [2.24, 2.45) is 13.0 Å². The monoisotopic (exact) mass is 373 g/mol. The van der Waals surface area contributed by atoms with Gasteiger partial charge in [-0.05, 0) is 18.6 Å². The third-order valence-corrected chi connectivity index (χ3v) is 4.22. The molecule has 28 heavy (non-hydrogen) atoms. The lowest BCUT2D eigenvalue weighted by molar-refractivity contribution is 0.1000. The second kappa shape index (κ2) is 9.03. The first kappa shape index (κ1) is 19.4. The number of anilines is 1. The molecule has 0 bridgehead atoms. The minimum Gasteiger partial charge on any atom is -0.383 e. The van der Waals surface area contributed by atoms with Gasteiger partial charge in [-0.15, -0.1) is 0 Å². The number of carbonyl (C=O) groups is 1. The SMILES string of the molecule is COCC(C)C#CN(C(=O)c1cnn(C)c1)c1ccccc1-c1ccccc1. The Kier molecular flexibility index (Phi) is 6.25. The molecule has 1 heterocycles. The number of nitrogens with zero attached hydrogens (tertiary/aromatic N) is 3. The van der Waals surface area contributed by atoms with Gasteiger partial charge < -0.3 is 4.74 Å². The van der Waals surface area contributed by atoms with E-state index in [0.717, 1.165) is 16.8 Å². The second-order valence-corrected chi connectivity index (χ2v) is 6.54. The van der Waals surface area contributed by atoms with Crippen LogP contribution >= 0.6 is 0 Å². The van der Waals surface area contributed by atoms with E-state index in [2.05, 4.69) is 17.1 Å². The van der Waals surface area contributed by atoms with E-state index in [0.29, 0.717) is 12.2 Å². The summed E-state index contributed by atoms with van der Waals surface area (Å²) in [6.07, 6.45) is 3.25. The average Bonchev–Trinajstić information content (AvgIpc) is 3.15. The van der Waals surface area contributed by atoms with Crippen molar-refractivity contribution in [3.8, 4) is 23.1 Å². The summed E-state index contributed by atoms with van der Waals surface area (Å²) in [4.78, 5) is 14.8. The maximum absolute atomic E-state index is 13.3. The zero-order valence-corrected chi connectivity index (χ0v) is 16.3. The van der Waals surface area contributed by atoms with Gasteiger partial charge in [0.1, 0.15) is 0 Å². The molecule has 0 saturated heterocycles. The first-order valence-corrected chi connectivity index (χ1v) is 9.08. The highest BCUT2D eigenvalue weighted by molar-refractivity contribution is 6.10. The maximum atomic E-state index is 13.3. The van der Waals surface area contributed by atoms with Crippen molar-refractivity contribution in [2.45, 2.75) is 6.92 Å². The summed E-state index contributed by atoms with van der Waals surface area (Å²) in [5.41, 5.74) is 3.18. The van der Waals surface area contributed by atoms with Crippen LogP contribution < -0.4 is 4.90 Å². The smallest absolute Gasteiger partial charge is 0.273 e. The van der Waals surface area contributed by atoms with Crippen LogP contribution in [0.2, 0.25) is 0 Å².